The quantitative estimate of drug-likeness (QED) is 0.295. The number of hydrogen-bond acceptors (Lipinski definition) is 2. The van der Waals surface area contributed by atoms with Crippen molar-refractivity contribution in [3.63, 3.8) is 0 Å². The van der Waals surface area contributed by atoms with Crippen molar-refractivity contribution in [3.8, 4) is 0 Å². The molecule has 0 aromatic heterocycles. The Morgan fingerprint density at radius 3 is 2.76 bits per heavy atom. The fraction of sp³-hybridized carbons (Fsp3) is 0.333. The summed E-state index contributed by atoms with van der Waals surface area (Å²) < 4.78 is 0. The Hall–Kier alpha value is -1.57. The van der Waals surface area contributed by atoms with Gasteiger partial charge >= 0.3 is 0 Å². The van der Waals surface area contributed by atoms with Gasteiger partial charge in [-0.25, -0.2) is 4.99 Å². The first-order valence-corrected chi connectivity index (χ1v) is 6.65. The summed E-state index contributed by atoms with van der Waals surface area (Å²) in [4.78, 5) is 16.0. The van der Waals surface area contributed by atoms with Crippen LogP contribution in [-0.2, 0) is 6.54 Å². The average Bonchev–Trinajstić information content (AvgIpc) is 2.49. The van der Waals surface area contributed by atoms with E-state index in [1.807, 2.05) is 25.1 Å². The molecular formula is C15H23IN4O. The van der Waals surface area contributed by atoms with Crippen LogP contribution in [0.25, 0.3) is 0 Å². The molecule has 116 valence electrons. The van der Waals surface area contributed by atoms with Crippen LogP contribution in [-0.4, -0.2) is 32.0 Å². The van der Waals surface area contributed by atoms with E-state index in [4.69, 9.17) is 0 Å². The fourth-order valence-electron chi connectivity index (χ4n) is 1.64. The van der Waals surface area contributed by atoms with Gasteiger partial charge in [0.2, 0.25) is 0 Å². The van der Waals surface area contributed by atoms with Gasteiger partial charge in [-0.15, -0.1) is 30.6 Å². The van der Waals surface area contributed by atoms with E-state index >= 15 is 0 Å². The van der Waals surface area contributed by atoms with Crippen molar-refractivity contribution < 1.29 is 4.79 Å². The minimum Gasteiger partial charge on any atom is -0.357 e. The van der Waals surface area contributed by atoms with Crippen LogP contribution < -0.4 is 16.0 Å². The van der Waals surface area contributed by atoms with Crippen LogP contribution in [0.3, 0.4) is 0 Å². The minimum absolute atomic E-state index is 0. The van der Waals surface area contributed by atoms with Crippen LogP contribution in [0.2, 0.25) is 0 Å². The number of benzene rings is 1. The molecule has 0 unspecified atom stereocenters. The molecule has 0 saturated carbocycles. The second-order valence-electron chi connectivity index (χ2n) is 4.14. The van der Waals surface area contributed by atoms with E-state index in [2.05, 4.69) is 27.5 Å². The van der Waals surface area contributed by atoms with Gasteiger partial charge in [0.15, 0.2) is 5.96 Å². The summed E-state index contributed by atoms with van der Waals surface area (Å²) in [5, 5.41) is 8.89. The molecular weight excluding hydrogens is 379 g/mol. The van der Waals surface area contributed by atoms with Crippen molar-refractivity contribution in [1.82, 2.24) is 16.0 Å². The number of nitrogens with one attached hydrogen (secondary N) is 3. The summed E-state index contributed by atoms with van der Waals surface area (Å²) in [7, 11) is 1.62. The van der Waals surface area contributed by atoms with Gasteiger partial charge in [-0.1, -0.05) is 18.2 Å². The molecule has 0 saturated heterocycles. The third-order valence-corrected chi connectivity index (χ3v) is 2.59. The van der Waals surface area contributed by atoms with Crippen LogP contribution in [0.15, 0.2) is 41.9 Å². The highest BCUT2D eigenvalue weighted by Crippen LogP contribution is 2.06. The molecule has 0 aliphatic carbocycles. The molecule has 0 radical (unpaired) electrons. The van der Waals surface area contributed by atoms with E-state index in [1.165, 1.54) is 0 Å². The number of hydrogen-bond donors (Lipinski definition) is 3. The van der Waals surface area contributed by atoms with E-state index in [0.717, 1.165) is 18.1 Å². The number of rotatable bonds is 6. The lowest BCUT2D eigenvalue weighted by molar-refractivity contribution is 0.0963. The maximum absolute atomic E-state index is 11.6. The SMILES string of the molecule is C=CCNC(=NCc1cccc(C(=O)NC)c1)NCC.I. The van der Waals surface area contributed by atoms with Crippen molar-refractivity contribution in [2.24, 2.45) is 4.99 Å². The van der Waals surface area contributed by atoms with Gasteiger partial charge in [0.25, 0.3) is 5.91 Å². The highest BCUT2D eigenvalue weighted by molar-refractivity contribution is 14.0. The van der Waals surface area contributed by atoms with E-state index < -0.39 is 0 Å². The Morgan fingerprint density at radius 2 is 2.14 bits per heavy atom. The standard InChI is InChI=1S/C15H22N4O.HI/c1-4-9-18-15(17-5-2)19-11-12-7-6-8-13(10-12)14(20)16-3;/h4,6-8,10H,1,5,9,11H2,2-3H3,(H,16,20)(H2,17,18,19);1H. The summed E-state index contributed by atoms with van der Waals surface area (Å²) in [6, 6.07) is 7.44. The molecule has 0 aliphatic rings. The second-order valence-corrected chi connectivity index (χ2v) is 4.14. The van der Waals surface area contributed by atoms with E-state index in [1.54, 1.807) is 19.2 Å². The third-order valence-electron chi connectivity index (χ3n) is 2.59. The highest BCUT2D eigenvalue weighted by Gasteiger charge is 2.03. The first-order chi connectivity index (χ1) is 9.71. The lowest BCUT2D eigenvalue weighted by atomic mass is 10.1. The van der Waals surface area contributed by atoms with Gasteiger partial charge in [0.1, 0.15) is 0 Å². The Balaban J connectivity index is 0.00000400. The van der Waals surface area contributed by atoms with Gasteiger partial charge in [-0.05, 0) is 24.6 Å². The van der Waals surface area contributed by atoms with Gasteiger partial charge < -0.3 is 16.0 Å². The van der Waals surface area contributed by atoms with Gasteiger partial charge in [0.05, 0.1) is 6.54 Å². The average molecular weight is 402 g/mol. The number of aliphatic imine (C=N–C) groups is 1. The smallest absolute Gasteiger partial charge is 0.251 e. The molecule has 0 heterocycles. The van der Waals surface area contributed by atoms with E-state index in [0.29, 0.717) is 18.7 Å². The predicted molar refractivity (Wildman–Crippen MR) is 98.3 cm³/mol. The zero-order valence-corrected chi connectivity index (χ0v) is 14.8. The summed E-state index contributed by atoms with van der Waals surface area (Å²) in [5.41, 5.74) is 1.63. The first kappa shape index (κ1) is 19.4. The Morgan fingerprint density at radius 1 is 1.38 bits per heavy atom. The molecule has 6 heteroatoms. The van der Waals surface area contributed by atoms with E-state index in [9.17, 15) is 4.79 Å². The first-order valence-electron chi connectivity index (χ1n) is 6.65. The van der Waals surface area contributed by atoms with Crippen LogP contribution in [0.5, 0.6) is 0 Å². The summed E-state index contributed by atoms with van der Waals surface area (Å²) >= 11 is 0. The monoisotopic (exact) mass is 402 g/mol. The zero-order valence-electron chi connectivity index (χ0n) is 12.5. The molecule has 1 rings (SSSR count). The Labute approximate surface area is 143 Å². The van der Waals surface area contributed by atoms with Crippen molar-refractivity contribution in [2.75, 3.05) is 20.1 Å². The normalized spacial score (nSPS) is 10.3. The number of carbonyl (C=O) groups is 1. The zero-order chi connectivity index (χ0) is 14.8. The molecule has 0 atom stereocenters. The van der Waals surface area contributed by atoms with Crippen molar-refractivity contribution >= 4 is 35.8 Å². The largest absolute Gasteiger partial charge is 0.357 e. The molecule has 5 nitrogen and oxygen atoms in total. The molecule has 0 aliphatic heterocycles. The summed E-state index contributed by atoms with van der Waals surface area (Å²) in [6.07, 6.45) is 1.78. The van der Waals surface area contributed by atoms with Crippen molar-refractivity contribution in [3.05, 3.63) is 48.0 Å². The third kappa shape index (κ3) is 7.12. The minimum atomic E-state index is -0.0903. The number of nitrogens with zero attached hydrogens (tertiary/aromatic N) is 1. The molecule has 1 aromatic rings. The maximum Gasteiger partial charge on any atom is 0.251 e. The molecule has 0 fully saturated rings. The van der Waals surface area contributed by atoms with Crippen LogP contribution in [0.4, 0.5) is 0 Å². The topological polar surface area (TPSA) is 65.5 Å². The Kier molecular flexibility index (Phi) is 10.3. The lowest BCUT2D eigenvalue weighted by Gasteiger charge is -2.09. The van der Waals surface area contributed by atoms with Crippen LogP contribution >= 0.6 is 24.0 Å². The number of halogens is 1. The second kappa shape index (κ2) is 11.1. The van der Waals surface area contributed by atoms with Crippen LogP contribution in [0.1, 0.15) is 22.8 Å². The molecule has 0 bridgehead atoms. The molecule has 0 spiro atoms. The summed E-state index contributed by atoms with van der Waals surface area (Å²) in [6.45, 7) is 7.63. The predicted octanol–water partition coefficient (Wildman–Crippen LogP) is 1.91. The lowest BCUT2D eigenvalue weighted by Crippen LogP contribution is -2.37. The fourth-order valence-corrected chi connectivity index (χ4v) is 1.64. The number of carbonyl (C=O) groups excluding carboxylic acids is 1. The van der Waals surface area contributed by atoms with Gasteiger partial charge in [-0.3, -0.25) is 4.79 Å². The molecule has 1 amide bonds. The highest BCUT2D eigenvalue weighted by atomic mass is 127. The van der Waals surface area contributed by atoms with E-state index in [-0.39, 0.29) is 29.9 Å². The molecule has 21 heavy (non-hydrogen) atoms. The van der Waals surface area contributed by atoms with Gasteiger partial charge in [0, 0.05) is 25.7 Å². The Bertz CT molecular complexity index is 488. The van der Waals surface area contributed by atoms with Crippen molar-refractivity contribution in [1.29, 1.82) is 0 Å². The number of guanidine groups is 1. The van der Waals surface area contributed by atoms with Gasteiger partial charge in [-0.2, -0.15) is 0 Å². The molecule has 3 N–H and O–H groups in total. The molecule has 1 aromatic carbocycles. The number of amides is 1. The summed E-state index contributed by atoms with van der Waals surface area (Å²) in [5.74, 6) is 0.644. The maximum atomic E-state index is 11.6. The van der Waals surface area contributed by atoms with Crippen molar-refractivity contribution in [2.45, 2.75) is 13.5 Å². The van der Waals surface area contributed by atoms with Crippen LogP contribution in [0, 0.1) is 0 Å².